The number of carbonyl (C=O) groups is 1. The number of carbonyl (C=O) groups excluding carboxylic acids is 1. The molecule has 0 saturated heterocycles. The van der Waals surface area contributed by atoms with Crippen molar-refractivity contribution in [3.63, 3.8) is 0 Å². The summed E-state index contributed by atoms with van der Waals surface area (Å²) in [7, 11) is 0. The first kappa shape index (κ1) is 29.5. The summed E-state index contributed by atoms with van der Waals surface area (Å²) in [4.78, 5) is 32.2. The van der Waals surface area contributed by atoms with Gasteiger partial charge in [0.1, 0.15) is 12.4 Å². The molecule has 0 amide bonds. The highest BCUT2D eigenvalue weighted by Gasteiger charge is 2.33. The molecular formula is C32H28BrIN2O4S. The van der Waals surface area contributed by atoms with Crippen LogP contribution in [-0.4, -0.2) is 17.1 Å². The Morgan fingerprint density at radius 1 is 1.07 bits per heavy atom. The van der Waals surface area contributed by atoms with Crippen LogP contribution in [0.5, 0.6) is 5.75 Å². The van der Waals surface area contributed by atoms with Crippen LogP contribution in [0.1, 0.15) is 47.7 Å². The van der Waals surface area contributed by atoms with Gasteiger partial charge in [0.15, 0.2) is 4.80 Å². The third-order valence-electron chi connectivity index (χ3n) is 6.73. The molecule has 5 rings (SSSR count). The van der Waals surface area contributed by atoms with E-state index in [2.05, 4.69) is 74.7 Å². The second-order valence-electron chi connectivity index (χ2n) is 9.80. The number of hydrogen-bond donors (Lipinski definition) is 0. The van der Waals surface area contributed by atoms with Crippen LogP contribution in [0.3, 0.4) is 0 Å². The van der Waals surface area contributed by atoms with Crippen molar-refractivity contribution in [2.75, 3.05) is 6.61 Å². The molecule has 1 aromatic heterocycles. The summed E-state index contributed by atoms with van der Waals surface area (Å²) in [6.45, 7) is 8.30. The summed E-state index contributed by atoms with van der Waals surface area (Å²) < 4.78 is 15.4. The quantitative estimate of drug-likeness (QED) is 0.163. The molecular weight excluding hydrogens is 715 g/mol. The van der Waals surface area contributed by atoms with Crippen LogP contribution in [0.4, 0.5) is 0 Å². The van der Waals surface area contributed by atoms with Crippen molar-refractivity contribution >= 4 is 61.9 Å². The number of hydrogen-bond acceptors (Lipinski definition) is 6. The van der Waals surface area contributed by atoms with E-state index in [0.717, 1.165) is 36.0 Å². The fraction of sp³-hybridized carbons (Fsp3) is 0.219. The molecule has 0 aliphatic carbocycles. The number of halogens is 2. The van der Waals surface area contributed by atoms with Gasteiger partial charge >= 0.3 is 5.97 Å². The van der Waals surface area contributed by atoms with Crippen LogP contribution < -0.4 is 19.6 Å². The molecule has 0 saturated carbocycles. The summed E-state index contributed by atoms with van der Waals surface area (Å²) in [5.74, 6) is 0.284. The summed E-state index contributed by atoms with van der Waals surface area (Å²) in [5, 5.41) is 0. The number of ether oxygens (including phenoxy) is 2. The molecule has 1 aliphatic heterocycles. The van der Waals surface area contributed by atoms with Gasteiger partial charge in [-0.1, -0.05) is 71.0 Å². The Bertz CT molecular complexity index is 1820. The maximum absolute atomic E-state index is 13.9. The molecule has 0 unspecified atom stereocenters. The minimum Gasteiger partial charge on any atom is -0.487 e. The van der Waals surface area contributed by atoms with Crippen molar-refractivity contribution in [2.45, 2.75) is 40.3 Å². The number of fused-ring (bicyclic) bond motifs is 1. The second kappa shape index (κ2) is 12.5. The van der Waals surface area contributed by atoms with Crippen molar-refractivity contribution < 1.29 is 14.3 Å². The Labute approximate surface area is 264 Å². The number of rotatable bonds is 7. The van der Waals surface area contributed by atoms with E-state index in [1.54, 1.807) is 18.4 Å². The minimum absolute atomic E-state index is 0.209. The Morgan fingerprint density at radius 2 is 1.73 bits per heavy atom. The third-order valence-corrected chi connectivity index (χ3v) is 9.11. The molecule has 0 N–H and O–H groups in total. The first-order chi connectivity index (χ1) is 19.7. The van der Waals surface area contributed by atoms with Gasteiger partial charge in [-0.2, -0.15) is 0 Å². The van der Waals surface area contributed by atoms with Gasteiger partial charge in [0.2, 0.25) is 0 Å². The molecule has 0 fully saturated rings. The molecule has 4 aromatic rings. The number of benzene rings is 3. The number of aryl methyl sites for hydroxylation is 2. The monoisotopic (exact) mass is 742 g/mol. The van der Waals surface area contributed by atoms with Gasteiger partial charge in [-0.3, -0.25) is 9.36 Å². The molecule has 41 heavy (non-hydrogen) atoms. The van der Waals surface area contributed by atoms with Crippen LogP contribution in [-0.2, 0) is 16.1 Å². The van der Waals surface area contributed by atoms with Crippen LogP contribution in [0.15, 0.2) is 86.2 Å². The van der Waals surface area contributed by atoms with Crippen LogP contribution >= 0.6 is 49.9 Å². The lowest BCUT2D eigenvalue weighted by Gasteiger charge is -2.24. The molecule has 9 heteroatoms. The smallest absolute Gasteiger partial charge is 0.338 e. The molecule has 1 aliphatic rings. The van der Waals surface area contributed by atoms with Crippen LogP contribution in [0.25, 0.3) is 6.08 Å². The van der Waals surface area contributed by atoms with E-state index in [-0.39, 0.29) is 12.2 Å². The van der Waals surface area contributed by atoms with Gasteiger partial charge in [0, 0.05) is 0 Å². The number of thiazole rings is 1. The molecule has 3 aromatic carbocycles. The first-order valence-electron chi connectivity index (χ1n) is 13.1. The highest BCUT2D eigenvalue weighted by Crippen LogP contribution is 2.33. The van der Waals surface area contributed by atoms with Gasteiger partial charge in [-0.05, 0) is 101 Å². The SMILES string of the molecule is CCOC(=O)C1=C(C)N=c2s/c(=C/c3cc(Br)c(OCc4ccc(C)cc4)c(I)c3)c(=O)n2[C@@H]1c1ccc(C)cc1. The topological polar surface area (TPSA) is 69.9 Å². The van der Waals surface area contributed by atoms with Crippen molar-refractivity contribution in [1.29, 1.82) is 0 Å². The number of esters is 1. The lowest BCUT2D eigenvalue weighted by atomic mass is 9.95. The average molecular weight is 743 g/mol. The third kappa shape index (κ3) is 6.27. The molecule has 2 heterocycles. The average Bonchev–Trinajstić information content (AvgIpc) is 3.23. The first-order valence-corrected chi connectivity index (χ1v) is 15.8. The summed E-state index contributed by atoms with van der Waals surface area (Å²) in [6.07, 6.45) is 1.86. The maximum Gasteiger partial charge on any atom is 0.338 e. The Hall–Kier alpha value is -3.02. The summed E-state index contributed by atoms with van der Waals surface area (Å²) in [6, 6.07) is 19.4. The number of aromatic nitrogens is 1. The fourth-order valence-electron chi connectivity index (χ4n) is 4.65. The highest BCUT2D eigenvalue weighted by atomic mass is 127. The van der Waals surface area contributed by atoms with Gasteiger partial charge in [-0.15, -0.1) is 0 Å². The van der Waals surface area contributed by atoms with E-state index in [4.69, 9.17) is 9.47 Å². The van der Waals surface area contributed by atoms with Crippen LogP contribution in [0.2, 0.25) is 0 Å². The van der Waals surface area contributed by atoms with Gasteiger partial charge < -0.3 is 9.47 Å². The lowest BCUT2D eigenvalue weighted by Crippen LogP contribution is -2.39. The van der Waals surface area contributed by atoms with Gasteiger partial charge in [0.25, 0.3) is 5.56 Å². The van der Waals surface area contributed by atoms with Gasteiger partial charge in [0.05, 0.1) is 36.5 Å². The number of allylic oxidation sites excluding steroid dienone is 1. The second-order valence-corrected chi connectivity index (χ2v) is 12.8. The van der Waals surface area contributed by atoms with E-state index in [1.807, 2.05) is 49.4 Å². The molecule has 0 bridgehead atoms. The summed E-state index contributed by atoms with van der Waals surface area (Å²) in [5.41, 5.74) is 5.78. The molecule has 6 nitrogen and oxygen atoms in total. The fourth-order valence-corrected chi connectivity index (χ4v) is 7.46. The van der Waals surface area contributed by atoms with E-state index < -0.39 is 12.0 Å². The van der Waals surface area contributed by atoms with E-state index in [9.17, 15) is 9.59 Å². The predicted octanol–water partition coefficient (Wildman–Crippen LogP) is 6.36. The molecule has 210 valence electrons. The molecule has 1 atom stereocenters. The zero-order valence-corrected chi connectivity index (χ0v) is 27.6. The van der Waals surface area contributed by atoms with Crippen molar-refractivity contribution in [3.8, 4) is 5.75 Å². The summed E-state index contributed by atoms with van der Waals surface area (Å²) >= 11 is 7.21. The number of nitrogens with zero attached hydrogens (tertiary/aromatic N) is 2. The van der Waals surface area contributed by atoms with Gasteiger partial charge in [-0.25, -0.2) is 9.79 Å². The minimum atomic E-state index is -0.627. The zero-order valence-electron chi connectivity index (χ0n) is 23.0. The van der Waals surface area contributed by atoms with Crippen molar-refractivity contribution in [1.82, 2.24) is 4.57 Å². The predicted molar refractivity (Wildman–Crippen MR) is 174 cm³/mol. The zero-order chi connectivity index (χ0) is 29.3. The van der Waals surface area contributed by atoms with E-state index in [0.29, 0.717) is 27.2 Å². The maximum atomic E-state index is 13.9. The van der Waals surface area contributed by atoms with E-state index >= 15 is 0 Å². The highest BCUT2D eigenvalue weighted by molar-refractivity contribution is 14.1. The normalized spacial score (nSPS) is 15.0. The lowest BCUT2D eigenvalue weighted by molar-refractivity contribution is -0.139. The molecule has 0 spiro atoms. The van der Waals surface area contributed by atoms with Crippen LogP contribution in [0, 0.1) is 17.4 Å². The largest absolute Gasteiger partial charge is 0.487 e. The Morgan fingerprint density at radius 3 is 2.37 bits per heavy atom. The Balaban J connectivity index is 1.54. The van der Waals surface area contributed by atoms with Crippen molar-refractivity contribution in [3.05, 3.63) is 127 Å². The molecule has 0 radical (unpaired) electrons. The Kier molecular flexibility index (Phi) is 8.96. The van der Waals surface area contributed by atoms with Crippen molar-refractivity contribution in [2.24, 2.45) is 4.99 Å². The van der Waals surface area contributed by atoms with E-state index in [1.165, 1.54) is 16.9 Å². The standard InChI is InChI=1S/C32H28BrIN2O4S/c1-5-39-31(38)27-20(4)35-32-36(28(27)23-12-8-19(3)9-13-23)30(37)26(41-32)16-22-14-24(33)29(25(34)15-22)40-17-21-10-6-18(2)7-11-21/h6-16,28H,5,17H2,1-4H3/b26-16+/t28-/m1/s1.